The molecule has 2 unspecified atom stereocenters. The molecule has 4 nitrogen and oxygen atoms in total. The lowest BCUT2D eigenvalue weighted by Crippen LogP contribution is -2.41. The van der Waals surface area contributed by atoms with Crippen molar-refractivity contribution < 1.29 is 36.6 Å². The van der Waals surface area contributed by atoms with E-state index in [9.17, 15) is 31.9 Å². The van der Waals surface area contributed by atoms with Crippen molar-refractivity contribution in [1.29, 1.82) is 0 Å². The average molecular weight is 550 g/mol. The van der Waals surface area contributed by atoms with E-state index in [0.717, 1.165) is 24.3 Å². The zero-order valence-corrected chi connectivity index (χ0v) is 20.3. The summed E-state index contributed by atoms with van der Waals surface area (Å²) >= 11 is 6.26. The van der Waals surface area contributed by atoms with Gasteiger partial charge in [0.15, 0.2) is 0 Å². The number of hydrogen-bond acceptors (Lipinski definition) is 3. The second kappa shape index (κ2) is 11.4. The highest BCUT2D eigenvalue weighted by molar-refractivity contribution is 6.36. The van der Waals surface area contributed by atoms with E-state index in [0.29, 0.717) is 21.4 Å². The first-order valence-electron chi connectivity index (χ1n) is 11.4. The number of halogens is 6. The molecule has 0 saturated carbocycles. The highest BCUT2D eigenvalue weighted by atomic mass is 35.5. The van der Waals surface area contributed by atoms with Crippen molar-refractivity contribution in [3.8, 4) is 5.75 Å². The molecule has 2 N–H and O–H groups in total. The largest absolute Gasteiger partial charge is 0.461 e. The quantitative estimate of drug-likeness (QED) is 0.222. The fourth-order valence-electron chi connectivity index (χ4n) is 4.04. The van der Waals surface area contributed by atoms with Crippen molar-refractivity contribution in [3.05, 3.63) is 112 Å². The van der Waals surface area contributed by atoms with Crippen LogP contribution in [-0.2, 0) is 6.42 Å². The summed E-state index contributed by atoms with van der Waals surface area (Å²) < 4.78 is 69.6. The third kappa shape index (κ3) is 6.23. The van der Waals surface area contributed by atoms with Crippen LogP contribution in [0, 0.1) is 5.82 Å². The Balaban J connectivity index is 1.65. The zero-order chi connectivity index (χ0) is 27.4. The Kier molecular flexibility index (Phi) is 8.18. The average Bonchev–Trinajstić information content (AvgIpc) is 2.88. The number of ether oxygens (including phenoxy) is 1. The third-order valence-corrected chi connectivity index (χ3v) is 6.21. The summed E-state index contributed by atoms with van der Waals surface area (Å²) in [6.45, 7) is 0. The molecule has 38 heavy (non-hydrogen) atoms. The monoisotopic (exact) mass is 549 g/mol. The first-order chi connectivity index (χ1) is 18.0. The van der Waals surface area contributed by atoms with Crippen LogP contribution in [0.25, 0.3) is 10.8 Å². The van der Waals surface area contributed by atoms with Crippen LogP contribution in [0.1, 0.15) is 27.6 Å². The lowest BCUT2D eigenvalue weighted by atomic mass is 9.95. The van der Waals surface area contributed by atoms with E-state index in [1.165, 1.54) is 24.3 Å². The van der Waals surface area contributed by atoms with Gasteiger partial charge in [-0.1, -0.05) is 60.1 Å². The second-order valence-electron chi connectivity index (χ2n) is 8.53. The van der Waals surface area contributed by atoms with E-state index >= 15 is 0 Å². The predicted octanol–water partition coefficient (Wildman–Crippen LogP) is 6.94. The van der Waals surface area contributed by atoms with Crippen LogP contribution in [0.2, 0.25) is 5.02 Å². The van der Waals surface area contributed by atoms with Gasteiger partial charge in [0.1, 0.15) is 11.6 Å². The topological polar surface area (TPSA) is 58.6 Å². The Labute approximate surface area is 219 Å². The predicted molar refractivity (Wildman–Crippen MR) is 133 cm³/mol. The SMILES string of the molecule is O=C(NC(Cc1cccc(OC(F)(F)C(F)F)c1)C(O)c1ccc(F)cc1)c1cccc2c(Cl)cccc12. The van der Waals surface area contributed by atoms with Crippen molar-refractivity contribution in [2.45, 2.75) is 31.1 Å². The molecule has 0 fully saturated rings. The van der Waals surface area contributed by atoms with E-state index in [1.54, 1.807) is 36.4 Å². The van der Waals surface area contributed by atoms with E-state index in [4.69, 9.17) is 11.6 Å². The Hall–Kier alpha value is -3.69. The summed E-state index contributed by atoms with van der Waals surface area (Å²) in [7, 11) is 0. The number of carbonyl (C=O) groups excluding carboxylic acids is 1. The second-order valence-corrected chi connectivity index (χ2v) is 8.94. The molecule has 0 radical (unpaired) electrons. The molecule has 0 aliphatic rings. The van der Waals surface area contributed by atoms with Gasteiger partial charge in [-0.15, -0.1) is 0 Å². The lowest BCUT2D eigenvalue weighted by molar-refractivity contribution is -0.253. The molecule has 0 spiro atoms. The Morgan fingerprint density at radius 1 is 0.947 bits per heavy atom. The summed E-state index contributed by atoms with van der Waals surface area (Å²) in [4.78, 5) is 13.4. The van der Waals surface area contributed by atoms with Gasteiger partial charge in [-0.3, -0.25) is 4.79 Å². The summed E-state index contributed by atoms with van der Waals surface area (Å²) in [6.07, 6.45) is -10.2. The number of fused-ring (bicyclic) bond motifs is 1. The van der Waals surface area contributed by atoms with Crippen molar-refractivity contribution in [2.24, 2.45) is 0 Å². The van der Waals surface area contributed by atoms with Crippen molar-refractivity contribution in [1.82, 2.24) is 5.32 Å². The van der Waals surface area contributed by atoms with Crippen LogP contribution in [0.5, 0.6) is 5.75 Å². The minimum Gasteiger partial charge on any atom is -0.428 e. The van der Waals surface area contributed by atoms with Gasteiger partial charge in [0.25, 0.3) is 5.91 Å². The van der Waals surface area contributed by atoms with Crippen LogP contribution in [0.15, 0.2) is 84.9 Å². The molecular formula is C28H21ClF5NO3. The van der Waals surface area contributed by atoms with Crippen LogP contribution in [0.4, 0.5) is 22.0 Å². The highest BCUT2D eigenvalue weighted by Crippen LogP contribution is 2.30. The summed E-state index contributed by atoms with van der Waals surface area (Å²) in [5.74, 6) is -1.60. The van der Waals surface area contributed by atoms with Gasteiger partial charge in [0.05, 0.1) is 12.1 Å². The molecule has 4 aromatic rings. The van der Waals surface area contributed by atoms with E-state index in [-0.39, 0.29) is 17.5 Å². The maximum atomic E-state index is 13.5. The molecule has 0 aliphatic heterocycles. The van der Waals surface area contributed by atoms with Gasteiger partial charge >= 0.3 is 12.5 Å². The van der Waals surface area contributed by atoms with E-state index in [2.05, 4.69) is 10.1 Å². The van der Waals surface area contributed by atoms with E-state index in [1.807, 2.05) is 0 Å². The minimum absolute atomic E-state index is 0.104. The molecule has 2 atom stereocenters. The van der Waals surface area contributed by atoms with Gasteiger partial charge in [-0.25, -0.2) is 4.39 Å². The van der Waals surface area contributed by atoms with Crippen molar-refractivity contribution >= 4 is 28.3 Å². The van der Waals surface area contributed by atoms with Gasteiger partial charge in [0, 0.05) is 16.0 Å². The number of carbonyl (C=O) groups is 1. The van der Waals surface area contributed by atoms with Crippen LogP contribution >= 0.6 is 11.6 Å². The Bertz CT molecular complexity index is 1430. The molecule has 1 amide bonds. The van der Waals surface area contributed by atoms with Gasteiger partial charge in [0.2, 0.25) is 0 Å². The maximum absolute atomic E-state index is 13.5. The fraction of sp³-hybridized carbons (Fsp3) is 0.179. The first-order valence-corrected chi connectivity index (χ1v) is 11.8. The summed E-state index contributed by atoms with van der Waals surface area (Å²) in [5.41, 5.74) is 0.865. The molecule has 0 saturated heterocycles. The zero-order valence-electron chi connectivity index (χ0n) is 19.6. The standard InChI is InChI=1S/C28H21ClF5NO3/c29-23-9-3-6-20-21(23)7-2-8-22(20)26(37)35-24(25(36)17-10-12-18(30)13-11-17)15-16-4-1-5-19(14-16)38-28(33,34)27(31)32/h1-14,24-25,27,36H,15H2,(H,35,37). The summed E-state index contributed by atoms with van der Waals surface area (Å²) in [6, 6.07) is 19.0. The maximum Gasteiger partial charge on any atom is 0.461 e. The van der Waals surface area contributed by atoms with Crippen molar-refractivity contribution in [2.75, 3.05) is 0 Å². The van der Waals surface area contributed by atoms with Crippen LogP contribution in [-0.4, -0.2) is 29.6 Å². The Morgan fingerprint density at radius 2 is 1.61 bits per heavy atom. The molecule has 0 heterocycles. The lowest BCUT2D eigenvalue weighted by Gasteiger charge is -2.25. The molecule has 0 aliphatic carbocycles. The number of rotatable bonds is 9. The van der Waals surface area contributed by atoms with E-state index < -0.39 is 42.2 Å². The smallest absolute Gasteiger partial charge is 0.428 e. The molecule has 0 bridgehead atoms. The third-order valence-electron chi connectivity index (χ3n) is 5.88. The summed E-state index contributed by atoms with van der Waals surface area (Å²) in [5, 5.41) is 15.5. The molecule has 0 aromatic heterocycles. The highest BCUT2D eigenvalue weighted by Gasteiger charge is 2.44. The number of aliphatic hydroxyl groups excluding tert-OH is 1. The number of amides is 1. The van der Waals surface area contributed by atoms with Crippen molar-refractivity contribution in [3.63, 3.8) is 0 Å². The molecule has 10 heteroatoms. The molecular weight excluding hydrogens is 529 g/mol. The molecule has 198 valence electrons. The van der Waals surface area contributed by atoms with Crippen LogP contribution in [0.3, 0.4) is 0 Å². The minimum atomic E-state index is -4.70. The van der Waals surface area contributed by atoms with Gasteiger partial charge in [-0.05, 0) is 59.3 Å². The van der Waals surface area contributed by atoms with Crippen LogP contribution < -0.4 is 10.1 Å². The molecule has 4 aromatic carbocycles. The number of alkyl halides is 4. The number of aliphatic hydroxyl groups is 1. The normalized spacial score (nSPS) is 13.4. The molecule has 4 rings (SSSR count). The first kappa shape index (κ1) is 27.3. The fourth-order valence-corrected chi connectivity index (χ4v) is 4.28. The number of hydrogen-bond donors (Lipinski definition) is 2. The Morgan fingerprint density at radius 3 is 2.32 bits per heavy atom. The van der Waals surface area contributed by atoms with Gasteiger partial charge < -0.3 is 15.2 Å². The van der Waals surface area contributed by atoms with Gasteiger partial charge in [-0.2, -0.15) is 17.6 Å². The number of benzene rings is 4. The number of nitrogens with one attached hydrogen (secondary N) is 1.